The van der Waals surface area contributed by atoms with Crippen LogP contribution < -0.4 is 11.3 Å². The van der Waals surface area contributed by atoms with Crippen LogP contribution in [0.2, 0.25) is 5.02 Å². The van der Waals surface area contributed by atoms with Crippen LogP contribution in [0.5, 0.6) is 0 Å². The van der Waals surface area contributed by atoms with E-state index in [0.29, 0.717) is 16.4 Å². The number of nitrogens with zero attached hydrogens (tertiary/aromatic N) is 3. The van der Waals surface area contributed by atoms with Crippen LogP contribution in [-0.4, -0.2) is 24.9 Å². The second-order valence-corrected chi connectivity index (χ2v) is 4.00. The highest BCUT2D eigenvalue weighted by molar-refractivity contribution is 6.33. The predicted molar refractivity (Wildman–Crippen MR) is 67.2 cm³/mol. The third-order valence-corrected chi connectivity index (χ3v) is 2.71. The number of nitrogen functional groups attached to an aromatic ring is 1. The van der Waals surface area contributed by atoms with E-state index in [4.69, 9.17) is 17.3 Å². The number of aromatic nitrogens is 5. The fourth-order valence-electron chi connectivity index (χ4n) is 1.62. The zero-order valence-electron chi connectivity index (χ0n) is 8.94. The Hall–Kier alpha value is -2.41. The van der Waals surface area contributed by atoms with E-state index in [0.717, 1.165) is 0 Å². The molecule has 8 heteroatoms. The average Bonchev–Trinajstić information content (AvgIpc) is 2.73. The molecule has 0 amide bonds. The van der Waals surface area contributed by atoms with Gasteiger partial charge in [0.1, 0.15) is 5.82 Å². The standard InChI is InChI=1S/C10H7ClN6O/c11-5-3-13-2-1-4(5)7-14-6-8(15-7)16-10(12)17-9(6)18/h1-3H,(H4,12,14,15,16,17,18). The molecule has 0 saturated carbocycles. The first-order valence-electron chi connectivity index (χ1n) is 5.00. The number of aromatic amines is 2. The largest absolute Gasteiger partial charge is 0.369 e. The molecule has 0 bridgehead atoms. The fourth-order valence-corrected chi connectivity index (χ4v) is 1.83. The van der Waals surface area contributed by atoms with Gasteiger partial charge in [0.2, 0.25) is 5.95 Å². The molecule has 0 saturated heterocycles. The number of imidazole rings is 1. The van der Waals surface area contributed by atoms with Crippen molar-refractivity contribution in [3.8, 4) is 11.4 Å². The Morgan fingerprint density at radius 3 is 2.89 bits per heavy atom. The van der Waals surface area contributed by atoms with Crippen LogP contribution in [0.1, 0.15) is 0 Å². The highest BCUT2D eigenvalue weighted by Gasteiger charge is 2.12. The van der Waals surface area contributed by atoms with Gasteiger partial charge < -0.3 is 10.7 Å². The highest BCUT2D eigenvalue weighted by Crippen LogP contribution is 2.24. The average molecular weight is 263 g/mol. The van der Waals surface area contributed by atoms with E-state index in [1.165, 1.54) is 6.20 Å². The minimum atomic E-state index is -0.374. The molecule has 3 rings (SSSR count). The van der Waals surface area contributed by atoms with Crippen molar-refractivity contribution in [1.82, 2.24) is 24.9 Å². The Morgan fingerprint density at radius 2 is 2.11 bits per heavy atom. The van der Waals surface area contributed by atoms with Gasteiger partial charge in [0, 0.05) is 18.0 Å². The summed E-state index contributed by atoms with van der Waals surface area (Å²) in [6.45, 7) is 0. The molecule has 0 aliphatic carbocycles. The second kappa shape index (κ2) is 3.81. The SMILES string of the molecule is Nc1nc2nc(-c3ccncc3Cl)[nH]c2c(=O)[nH]1. The Kier molecular flexibility index (Phi) is 2.27. The lowest BCUT2D eigenvalue weighted by Gasteiger charge is -1.97. The molecule has 0 aliphatic heterocycles. The second-order valence-electron chi connectivity index (χ2n) is 3.59. The summed E-state index contributed by atoms with van der Waals surface area (Å²) < 4.78 is 0. The lowest BCUT2D eigenvalue weighted by Crippen LogP contribution is -2.10. The van der Waals surface area contributed by atoms with Crippen molar-refractivity contribution in [1.29, 1.82) is 0 Å². The molecule has 0 unspecified atom stereocenters. The summed E-state index contributed by atoms with van der Waals surface area (Å²) >= 11 is 6.00. The van der Waals surface area contributed by atoms with E-state index in [9.17, 15) is 4.79 Å². The number of pyridine rings is 1. The zero-order chi connectivity index (χ0) is 12.7. The molecule has 90 valence electrons. The summed E-state index contributed by atoms with van der Waals surface area (Å²) in [6, 6.07) is 1.69. The number of halogens is 1. The molecule has 3 aromatic heterocycles. The summed E-state index contributed by atoms with van der Waals surface area (Å²) in [5.74, 6) is 0.465. The molecule has 0 atom stereocenters. The molecule has 3 heterocycles. The molecule has 0 spiro atoms. The quantitative estimate of drug-likeness (QED) is 0.604. The number of rotatable bonds is 1. The Bertz CT molecular complexity index is 792. The van der Waals surface area contributed by atoms with Gasteiger partial charge >= 0.3 is 0 Å². The normalized spacial score (nSPS) is 10.9. The minimum Gasteiger partial charge on any atom is -0.369 e. The van der Waals surface area contributed by atoms with Crippen LogP contribution in [0, 0.1) is 0 Å². The van der Waals surface area contributed by atoms with Crippen LogP contribution in [0.25, 0.3) is 22.6 Å². The van der Waals surface area contributed by atoms with Crippen molar-refractivity contribution in [3.63, 3.8) is 0 Å². The van der Waals surface area contributed by atoms with E-state index >= 15 is 0 Å². The van der Waals surface area contributed by atoms with Crippen molar-refractivity contribution in [2.24, 2.45) is 0 Å². The number of hydrogen-bond donors (Lipinski definition) is 3. The van der Waals surface area contributed by atoms with E-state index in [1.807, 2.05) is 0 Å². The van der Waals surface area contributed by atoms with Gasteiger partial charge in [-0.1, -0.05) is 11.6 Å². The van der Waals surface area contributed by atoms with Crippen molar-refractivity contribution in [2.45, 2.75) is 0 Å². The van der Waals surface area contributed by atoms with Gasteiger partial charge in [0.15, 0.2) is 11.2 Å². The number of hydrogen-bond acceptors (Lipinski definition) is 5. The monoisotopic (exact) mass is 262 g/mol. The van der Waals surface area contributed by atoms with Gasteiger partial charge in [-0.05, 0) is 6.07 Å². The molecule has 0 fully saturated rings. The summed E-state index contributed by atoms with van der Waals surface area (Å²) in [6.07, 6.45) is 3.08. The summed E-state index contributed by atoms with van der Waals surface area (Å²) in [7, 11) is 0. The lowest BCUT2D eigenvalue weighted by molar-refractivity contribution is 1.17. The Labute approximate surface area is 105 Å². The van der Waals surface area contributed by atoms with Gasteiger partial charge in [-0.2, -0.15) is 4.98 Å². The third-order valence-electron chi connectivity index (χ3n) is 2.41. The predicted octanol–water partition coefficient (Wildman–Crippen LogP) is 0.944. The lowest BCUT2D eigenvalue weighted by atomic mass is 10.2. The smallest absolute Gasteiger partial charge is 0.278 e. The van der Waals surface area contributed by atoms with Crippen molar-refractivity contribution < 1.29 is 0 Å². The summed E-state index contributed by atoms with van der Waals surface area (Å²) in [5, 5.41) is 0.431. The molecule has 3 aromatic rings. The van der Waals surface area contributed by atoms with Crippen LogP contribution >= 0.6 is 11.6 Å². The third kappa shape index (κ3) is 1.61. The van der Waals surface area contributed by atoms with Gasteiger partial charge in [-0.3, -0.25) is 14.8 Å². The Morgan fingerprint density at radius 1 is 1.28 bits per heavy atom. The maximum Gasteiger partial charge on any atom is 0.278 e. The van der Waals surface area contributed by atoms with Crippen LogP contribution in [0.15, 0.2) is 23.3 Å². The molecule has 7 nitrogen and oxygen atoms in total. The van der Waals surface area contributed by atoms with Gasteiger partial charge in [0.05, 0.1) is 5.02 Å². The van der Waals surface area contributed by atoms with Gasteiger partial charge in [0.25, 0.3) is 5.56 Å². The Balaban J connectivity index is 2.30. The molecular formula is C10H7ClN6O. The fraction of sp³-hybridized carbons (Fsp3) is 0. The van der Waals surface area contributed by atoms with Crippen molar-refractivity contribution in [2.75, 3.05) is 5.73 Å². The molecule has 0 aliphatic rings. The maximum atomic E-state index is 11.6. The topological polar surface area (TPSA) is 113 Å². The van der Waals surface area contributed by atoms with Gasteiger partial charge in [-0.25, -0.2) is 4.98 Å². The van der Waals surface area contributed by atoms with E-state index < -0.39 is 0 Å². The molecule has 0 radical (unpaired) electrons. The maximum absolute atomic E-state index is 11.6. The number of nitrogens with two attached hydrogens (primary N) is 1. The van der Waals surface area contributed by atoms with E-state index in [-0.39, 0.29) is 22.7 Å². The summed E-state index contributed by atoms with van der Waals surface area (Å²) in [4.78, 5) is 28.9. The van der Waals surface area contributed by atoms with Crippen LogP contribution in [-0.2, 0) is 0 Å². The number of nitrogens with one attached hydrogen (secondary N) is 2. The first-order chi connectivity index (χ1) is 8.65. The first kappa shape index (κ1) is 10.7. The van der Waals surface area contributed by atoms with Crippen molar-refractivity contribution >= 4 is 28.7 Å². The van der Waals surface area contributed by atoms with Crippen molar-refractivity contribution in [3.05, 3.63) is 33.8 Å². The number of H-pyrrole nitrogens is 2. The molecular weight excluding hydrogens is 256 g/mol. The minimum absolute atomic E-state index is 0.0198. The number of anilines is 1. The molecule has 4 N–H and O–H groups in total. The highest BCUT2D eigenvalue weighted by atomic mass is 35.5. The van der Waals surface area contributed by atoms with E-state index in [2.05, 4.69) is 24.9 Å². The summed E-state index contributed by atoms with van der Waals surface area (Å²) in [5.41, 5.74) is 6.22. The van der Waals surface area contributed by atoms with Crippen LogP contribution in [0.4, 0.5) is 5.95 Å². The molecule has 0 aromatic carbocycles. The van der Waals surface area contributed by atoms with Crippen LogP contribution in [0.3, 0.4) is 0 Å². The molecule has 18 heavy (non-hydrogen) atoms. The number of fused-ring (bicyclic) bond motifs is 1. The first-order valence-corrected chi connectivity index (χ1v) is 5.38. The zero-order valence-corrected chi connectivity index (χ0v) is 9.69. The van der Waals surface area contributed by atoms with Gasteiger partial charge in [-0.15, -0.1) is 0 Å². The van der Waals surface area contributed by atoms with E-state index in [1.54, 1.807) is 12.3 Å².